The number of benzene rings is 3. The summed E-state index contributed by atoms with van der Waals surface area (Å²) < 4.78 is 25.0. The number of rotatable bonds is 3. The standard InChI is InChI=1S/C26H20FNO4/c1-14-11-20-21(12-15(14)2)32-25-22(24(20)29)23(16-5-4-6-19(13-16)31-3)28(26(25)30)18-9-7-17(27)8-10-18/h4-13,23H,1-3H3. The van der Waals surface area contributed by atoms with Crippen LogP contribution < -0.4 is 15.1 Å². The van der Waals surface area contributed by atoms with Gasteiger partial charge in [0.15, 0.2) is 5.43 Å². The second kappa shape index (κ2) is 7.34. The Morgan fingerprint density at radius 3 is 2.41 bits per heavy atom. The maximum atomic E-state index is 13.7. The lowest BCUT2D eigenvalue weighted by Gasteiger charge is -2.25. The van der Waals surface area contributed by atoms with Crippen molar-refractivity contribution < 1.29 is 18.3 Å². The summed E-state index contributed by atoms with van der Waals surface area (Å²) in [5.74, 6) is -0.264. The first-order chi connectivity index (χ1) is 15.4. The van der Waals surface area contributed by atoms with E-state index in [2.05, 4.69) is 0 Å². The Labute approximate surface area is 183 Å². The van der Waals surface area contributed by atoms with Crippen molar-refractivity contribution in [2.24, 2.45) is 0 Å². The molecule has 5 nitrogen and oxygen atoms in total. The maximum Gasteiger partial charge on any atom is 0.295 e. The van der Waals surface area contributed by atoms with Crippen molar-refractivity contribution >= 4 is 22.6 Å². The summed E-state index contributed by atoms with van der Waals surface area (Å²) in [5.41, 5.74) is 3.46. The molecule has 0 bridgehead atoms. The van der Waals surface area contributed by atoms with Crippen LogP contribution in [0.15, 0.2) is 69.9 Å². The van der Waals surface area contributed by atoms with Crippen LogP contribution in [0.2, 0.25) is 0 Å². The largest absolute Gasteiger partial charge is 0.497 e. The highest BCUT2D eigenvalue weighted by Crippen LogP contribution is 2.42. The fourth-order valence-corrected chi connectivity index (χ4v) is 4.22. The Bertz CT molecular complexity index is 1440. The Morgan fingerprint density at radius 2 is 1.69 bits per heavy atom. The minimum Gasteiger partial charge on any atom is -0.497 e. The SMILES string of the molecule is COc1cccc(C2c3c(oc4cc(C)c(C)cc4c3=O)C(=O)N2c2ccc(F)cc2)c1. The number of hydrogen-bond donors (Lipinski definition) is 0. The van der Waals surface area contributed by atoms with Gasteiger partial charge in [-0.25, -0.2) is 4.39 Å². The van der Waals surface area contributed by atoms with Gasteiger partial charge in [0.25, 0.3) is 5.91 Å². The van der Waals surface area contributed by atoms with E-state index in [9.17, 15) is 14.0 Å². The van der Waals surface area contributed by atoms with Crippen LogP contribution >= 0.6 is 0 Å². The van der Waals surface area contributed by atoms with E-state index in [0.717, 1.165) is 11.1 Å². The van der Waals surface area contributed by atoms with Gasteiger partial charge in [-0.15, -0.1) is 0 Å². The topological polar surface area (TPSA) is 59.8 Å². The van der Waals surface area contributed by atoms with Gasteiger partial charge in [-0.2, -0.15) is 0 Å². The van der Waals surface area contributed by atoms with Crippen molar-refractivity contribution in [3.05, 3.63) is 105 Å². The van der Waals surface area contributed by atoms with Gasteiger partial charge >= 0.3 is 0 Å². The van der Waals surface area contributed by atoms with Crippen molar-refractivity contribution in [3.8, 4) is 5.75 Å². The molecule has 1 amide bonds. The zero-order valence-corrected chi connectivity index (χ0v) is 17.8. The molecule has 32 heavy (non-hydrogen) atoms. The van der Waals surface area contributed by atoms with Gasteiger partial charge in [-0.1, -0.05) is 12.1 Å². The molecule has 160 valence electrons. The lowest BCUT2D eigenvalue weighted by molar-refractivity contribution is 0.0971. The smallest absolute Gasteiger partial charge is 0.295 e. The monoisotopic (exact) mass is 429 g/mol. The van der Waals surface area contributed by atoms with Gasteiger partial charge < -0.3 is 9.15 Å². The Morgan fingerprint density at radius 1 is 0.969 bits per heavy atom. The summed E-state index contributed by atoms with van der Waals surface area (Å²) in [6.45, 7) is 3.85. The minimum absolute atomic E-state index is 0.00268. The first kappa shape index (κ1) is 20.0. The molecule has 0 spiro atoms. The first-order valence-corrected chi connectivity index (χ1v) is 10.2. The number of fused-ring (bicyclic) bond motifs is 2. The molecule has 0 radical (unpaired) electrons. The molecular formula is C26H20FNO4. The molecule has 1 aliphatic heterocycles. The molecule has 3 aromatic carbocycles. The molecule has 0 fully saturated rings. The normalized spacial score (nSPS) is 15.3. The van der Waals surface area contributed by atoms with Crippen LogP contribution in [0.5, 0.6) is 5.75 Å². The van der Waals surface area contributed by atoms with Gasteiger partial charge in [0.2, 0.25) is 5.76 Å². The van der Waals surface area contributed by atoms with Crippen LogP contribution in [-0.2, 0) is 0 Å². The van der Waals surface area contributed by atoms with Crippen LogP contribution in [0.3, 0.4) is 0 Å². The molecule has 4 aromatic rings. The van der Waals surface area contributed by atoms with E-state index in [1.54, 1.807) is 37.4 Å². The number of carbonyl (C=O) groups excluding carboxylic acids is 1. The summed E-state index contributed by atoms with van der Waals surface area (Å²) in [6.07, 6.45) is 0. The van der Waals surface area contributed by atoms with E-state index in [1.807, 2.05) is 19.9 Å². The summed E-state index contributed by atoms with van der Waals surface area (Å²) in [6, 6.07) is 15.7. The van der Waals surface area contributed by atoms with Crippen LogP contribution in [0.25, 0.3) is 11.0 Å². The predicted molar refractivity (Wildman–Crippen MR) is 120 cm³/mol. The molecule has 1 atom stereocenters. The van der Waals surface area contributed by atoms with Crippen molar-refractivity contribution in [3.63, 3.8) is 0 Å². The number of carbonyl (C=O) groups is 1. The second-order valence-electron chi connectivity index (χ2n) is 7.94. The molecular weight excluding hydrogens is 409 g/mol. The molecule has 5 rings (SSSR count). The fourth-order valence-electron chi connectivity index (χ4n) is 4.22. The van der Waals surface area contributed by atoms with Crippen LogP contribution in [0, 0.1) is 19.7 Å². The number of nitrogens with zero attached hydrogens (tertiary/aromatic N) is 1. The summed E-state index contributed by atoms with van der Waals surface area (Å²) in [4.78, 5) is 28.7. The molecule has 1 unspecified atom stereocenters. The maximum absolute atomic E-state index is 13.7. The average molecular weight is 429 g/mol. The Kier molecular flexibility index (Phi) is 4.59. The van der Waals surface area contributed by atoms with E-state index >= 15 is 0 Å². The second-order valence-corrected chi connectivity index (χ2v) is 7.94. The third-order valence-corrected chi connectivity index (χ3v) is 6.00. The van der Waals surface area contributed by atoms with E-state index < -0.39 is 17.8 Å². The third kappa shape index (κ3) is 2.99. The van der Waals surface area contributed by atoms with Crippen LogP contribution in [-0.4, -0.2) is 13.0 Å². The predicted octanol–water partition coefficient (Wildman–Crippen LogP) is 5.31. The number of methoxy groups -OCH3 is 1. The lowest BCUT2D eigenvalue weighted by atomic mass is 9.97. The van der Waals surface area contributed by atoms with E-state index in [0.29, 0.717) is 28.0 Å². The molecule has 2 heterocycles. The van der Waals surface area contributed by atoms with Gasteiger partial charge in [0.05, 0.1) is 24.1 Å². The van der Waals surface area contributed by atoms with E-state index in [1.165, 1.54) is 29.2 Å². The number of amides is 1. The first-order valence-electron chi connectivity index (χ1n) is 10.2. The van der Waals surface area contributed by atoms with Gasteiger partial charge in [-0.3, -0.25) is 14.5 Å². The molecule has 1 aromatic heterocycles. The molecule has 0 saturated heterocycles. The van der Waals surface area contributed by atoms with E-state index in [-0.39, 0.29) is 16.8 Å². The quantitative estimate of drug-likeness (QED) is 0.443. The molecule has 6 heteroatoms. The van der Waals surface area contributed by atoms with Gasteiger partial charge in [0, 0.05) is 5.69 Å². The highest BCUT2D eigenvalue weighted by atomic mass is 19.1. The zero-order valence-electron chi connectivity index (χ0n) is 17.8. The average Bonchev–Trinajstić information content (AvgIpc) is 3.08. The van der Waals surface area contributed by atoms with Crippen LogP contribution in [0.1, 0.15) is 38.9 Å². The summed E-state index contributed by atoms with van der Waals surface area (Å²) in [7, 11) is 1.55. The van der Waals surface area contributed by atoms with E-state index in [4.69, 9.17) is 9.15 Å². The summed E-state index contributed by atoms with van der Waals surface area (Å²) in [5, 5.41) is 0.425. The third-order valence-electron chi connectivity index (χ3n) is 6.00. The van der Waals surface area contributed by atoms with Gasteiger partial charge in [0.1, 0.15) is 17.1 Å². The van der Waals surface area contributed by atoms with Crippen molar-refractivity contribution in [1.29, 1.82) is 0 Å². The highest BCUT2D eigenvalue weighted by molar-refractivity contribution is 6.10. The zero-order chi connectivity index (χ0) is 22.6. The van der Waals surface area contributed by atoms with Gasteiger partial charge in [-0.05, 0) is 79.1 Å². The molecule has 0 aliphatic carbocycles. The number of ether oxygens (including phenoxy) is 1. The van der Waals surface area contributed by atoms with Crippen LogP contribution in [0.4, 0.5) is 10.1 Å². The number of anilines is 1. The van der Waals surface area contributed by atoms with Crippen molar-refractivity contribution in [1.82, 2.24) is 0 Å². The number of halogens is 1. The fraction of sp³-hybridized carbons (Fsp3) is 0.154. The Hall–Kier alpha value is -3.93. The number of aryl methyl sites for hydroxylation is 2. The summed E-state index contributed by atoms with van der Waals surface area (Å²) >= 11 is 0. The molecule has 0 N–H and O–H groups in total. The minimum atomic E-state index is -0.736. The Balaban J connectivity index is 1.82. The highest BCUT2D eigenvalue weighted by Gasteiger charge is 2.43. The lowest BCUT2D eigenvalue weighted by Crippen LogP contribution is -2.29. The van der Waals surface area contributed by atoms with Crippen molar-refractivity contribution in [2.45, 2.75) is 19.9 Å². The molecule has 0 saturated carbocycles. The molecule has 1 aliphatic rings. The van der Waals surface area contributed by atoms with Crippen molar-refractivity contribution in [2.75, 3.05) is 12.0 Å². The number of hydrogen-bond acceptors (Lipinski definition) is 4.